The van der Waals surface area contributed by atoms with E-state index in [0.717, 1.165) is 13.0 Å². The van der Waals surface area contributed by atoms with Gasteiger partial charge in [0.1, 0.15) is 0 Å². The van der Waals surface area contributed by atoms with E-state index in [-0.39, 0.29) is 12.0 Å². The second kappa shape index (κ2) is 6.06. The minimum Gasteiger partial charge on any atom is -0.354 e. The predicted octanol–water partition coefficient (Wildman–Crippen LogP) is 1.31. The molecule has 90 valence electrons. The van der Waals surface area contributed by atoms with Crippen molar-refractivity contribution in [3.63, 3.8) is 0 Å². The molecule has 0 aliphatic heterocycles. The maximum absolute atomic E-state index is 8.79. The van der Waals surface area contributed by atoms with E-state index in [1.165, 1.54) is 0 Å². The lowest BCUT2D eigenvalue weighted by Crippen LogP contribution is -2.16. The van der Waals surface area contributed by atoms with Crippen molar-refractivity contribution in [3.05, 3.63) is 0 Å². The normalized spacial score (nSPS) is 10.3. The van der Waals surface area contributed by atoms with Crippen LogP contribution in [0.1, 0.15) is 27.2 Å². The first-order chi connectivity index (χ1) is 7.65. The number of aromatic nitrogens is 3. The van der Waals surface area contributed by atoms with Crippen molar-refractivity contribution < 1.29 is 5.21 Å². The highest BCUT2D eigenvalue weighted by Crippen LogP contribution is 2.09. The van der Waals surface area contributed by atoms with Crippen molar-refractivity contribution in [1.29, 1.82) is 0 Å². The van der Waals surface area contributed by atoms with Crippen LogP contribution in [0, 0.1) is 0 Å². The highest BCUT2D eigenvalue weighted by Gasteiger charge is 2.06. The molecule has 1 heterocycles. The number of nitrogens with one attached hydrogen (secondary N) is 3. The average molecular weight is 226 g/mol. The van der Waals surface area contributed by atoms with Crippen LogP contribution in [0.5, 0.6) is 0 Å². The molecule has 0 amide bonds. The molecule has 0 atom stereocenters. The van der Waals surface area contributed by atoms with Gasteiger partial charge in [-0.25, -0.2) is 5.48 Å². The quantitative estimate of drug-likeness (QED) is 0.543. The molecular formula is C9H18N6O. The summed E-state index contributed by atoms with van der Waals surface area (Å²) in [5.41, 5.74) is 1.92. The largest absolute Gasteiger partial charge is 0.354 e. The summed E-state index contributed by atoms with van der Waals surface area (Å²) in [6, 6.07) is 0.216. The molecule has 0 aliphatic carbocycles. The van der Waals surface area contributed by atoms with Gasteiger partial charge in [0.25, 0.3) is 5.95 Å². The van der Waals surface area contributed by atoms with E-state index in [1.54, 1.807) is 0 Å². The third-order valence-electron chi connectivity index (χ3n) is 1.69. The number of anilines is 3. The Morgan fingerprint density at radius 2 is 1.75 bits per heavy atom. The van der Waals surface area contributed by atoms with E-state index in [0.29, 0.717) is 11.9 Å². The minimum absolute atomic E-state index is 0.122. The molecule has 0 aliphatic rings. The molecule has 0 bridgehead atoms. The van der Waals surface area contributed by atoms with Crippen molar-refractivity contribution in [2.75, 3.05) is 22.7 Å². The van der Waals surface area contributed by atoms with E-state index in [1.807, 2.05) is 26.3 Å². The summed E-state index contributed by atoms with van der Waals surface area (Å²) in [5, 5.41) is 14.9. The molecule has 7 nitrogen and oxygen atoms in total. The average Bonchev–Trinajstić information content (AvgIpc) is 2.25. The first-order valence-electron chi connectivity index (χ1n) is 5.32. The maximum Gasteiger partial charge on any atom is 0.253 e. The SMILES string of the molecule is CCCNc1nc(NO)nc(NC(C)C)n1. The van der Waals surface area contributed by atoms with Gasteiger partial charge >= 0.3 is 0 Å². The fourth-order valence-corrected chi connectivity index (χ4v) is 1.06. The second-order valence-electron chi connectivity index (χ2n) is 3.64. The first kappa shape index (κ1) is 12.4. The van der Waals surface area contributed by atoms with Crippen LogP contribution in [0.3, 0.4) is 0 Å². The summed E-state index contributed by atoms with van der Waals surface area (Å²) in [7, 11) is 0. The van der Waals surface area contributed by atoms with E-state index >= 15 is 0 Å². The minimum atomic E-state index is 0.122. The van der Waals surface area contributed by atoms with Crippen molar-refractivity contribution in [2.45, 2.75) is 33.2 Å². The number of hydrogen-bond acceptors (Lipinski definition) is 7. The smallest absolute Gasteiger partial charge is 0.253 e. The highest BCUT2D eigenvalue weighted by molar-refractivity contribution is 5.41. The lowest BCUT2D eigenvalue weighted by molar-refractivity contribution is 0.382. The molecular weight excluding hydrogens is 208 g/mol. The summed E-state index contributed by atoms with van der Waals surface area (Å²) in [4.78, 5) is 12.1. The highest BCUT2D eigenvalue weighted by atomic mass is 16.5. The Kier molecular flexibility index (Phi) is 4.71. The van der Waals surface area contributed by atoms with Crippen molar-refractivity contribution >= 4 is 17.8 Å². The number of rotatable bonds is 6. The van der Waals surface area contributed by atoms with Gasteiger partial charge in [0.05, 0.1) is 0 Å². The van der Waals surface area contributed by atoms with Crippen LogP contribution in [0.15, 0.2) is 0 Å². The van der Waals surface area contributed by atoms with Gasteiger partial charge in [-0.15, -0.1) is 0 Å². The zero-order valence-corrected chi connectivity index (χ0v) is 9.78. The molecule has 1 rings (SSSR count). The third-order valence-corrected chi connectivity index (χ3v) is 1.69. The van der Waals surface area contributed by atoms with Gasteiger partial charge in [-0.05, 0) is 20.3 Å². The molecule has 0 spiro atoms. The molecule has 0 radical (unpaired) electrons. The molecule has 1 aromatic heterocycles. The maximum atomic E-state index is 8.79. The first-order valence-corrected chi connectivity index (χ1v) is 5.32. The van der Waals surface area contributed by atoms with Gasteiger partial charge in [0.15, 0.2) is 0 Å². The Morgan fingerprint density at radius 3 is 2.31 bits per heavy atom. The molecule has 0 saturated heterocycles. The molecule has 0 unspecified atom stereocenters. The molecule has 7 heteroatoms. The second-order valence-corrected chi connectivity index (χ2v) is 3.64. The summed E-state index contributed by atoms with van der Waals surface area (Å²) in [5.74, 6) is 0.994. The Bertz CT molecular complexity index is 330. The standard InChI is InChI=1S/C9H18N6O/c1-4-5-10-7-12-8(11-6(2)3)14-9(13-7)15-16/h6,16H,4-5H2,1-3H3,(H3,10,11,12,13,14,15). The summed E-state index contributed by atoms with van der Waals surface area (Å²) in [6.07, 6.45) is 0.973. The zero-order valence-electron chi connectivity index (χ0n) is 9.78. The Labute approximate surface area is 94.7 Å². The van der Waals surface area contributed by atoms with Gasteiger partial charge in [-0.3, -0.25) is 5.21 Å². The lowest BCUT2D eigenvalue weighted by Gasteiger charge is -2.10. The summed E-state index contributed by atoms with van der Waals surface area (Å²) < 4.78 is 0. The Balaban J connectivity index is 2.82. The molecule has 0 saturated carbocycles. The molecule has 4 N–H and O–H groups in total. The van der Waals surface area contributed by atoms with Crippen molar-refractivity contribution in [3.8, 4) is 0 Å². The van der Waals surface area contributed by atoms with Gasteiger partial charge in [0.2, 0.25) is 11.9 Å². The van der Waals surface area contributed by atoms with E-state index in [2.05, 4.69) is 25.6 Å². The topological polar surface area (TPSA) is 95.0 Å². The predicted molar refractivity (Wildman–Crippen MR) is 62.8 cm³/mol. The third kappa shape index (κ3) is 3.85. The van der Waals surface area contributed by atoms with Crippen molar-refractivity contribution in [1.82, 2.24) is 15.0 Å². The van der Waals surface area contributed by atoms with Crippen LogP contribution in [-0.4, -0.2) is 32.7 Å². The zero-order chi connectivity index (χ0) is 12.0. The lowest BCUT2D eigenvalue weighted by atomic mass is 10.4. The van der Waals surface area contributed by atoms with Crippen molar-refractivity contribution in [2.24, 2.45) is 0 Å². The summed E-state index contributed by atoms with van der Waals surface area (Å²) >= 11 is 0. The fraction of sp³-hybridized carbons (Fsp3) is 0.667. The van der Waals surface area contributed by atoms with Crippen LogP contribution < -0.4 is 16.1 Å². The molecule has 16 heavy (non-hydrogen) atoms. The Hall–Kier alpha value is -1.63. The summed E-state index contributed by atoms with van der Waals surface area (Å²) in [6.45, 7) is 6.78. The fourth-order valence-electron chi connectivity index (χ4n) is 1.06. The van der Waals surface area contributed by atoms with Gasteiger partial charge in [-0.2, -0.15) is 15.0 Å². The molecule has 0 aromatic carbocycles. The van der Waals surface area contributed by atoms with Crippen LogP contribution in [0.25, 0.3) is 0 Å². The van der Waals surface area contributed by atoms with E-state index in [4.69, 9.17) is 5.21 Å². The number of nitrogens with zero attached hydrogens (tertiary/aromatic N) is 3. The van der Waals surface area contributed by atoms with Crippen LogP contribution in [0.4, 0.5) is 17.8 Å². The Morgan fingerprint density at radius 1 is 1.12 bits per heavy atom. The van der Waals surface area contributed by atoms with E-state index < -0.39 is 0 Å². The van der Waals surface area contributed by atoms with Gasteiger partial charge in [0, 0.05) is 12.6 Å². The van der Waals surface area contributed by atoms with Crippen LogP contribution in [-0.2, 0) is 0 Å². The van der Waals surface area contributed by atoms with Gasteiger partial charge < -0.3 is 10.6 Å². The molecule has 1 aromatic rings. The monoisotopic (exact) mass is 226 g/mol. The van der Waals surface area contributed by atoms with Crippen LogP contribution >= 0.6 is 0 Å². The van der Waals surface area contributed by atoms with Crippen LogP contribution in [0.2, 0.25) is 0 Å². The van der Waals surface area contributed by atoms with E-state index in [9.17, 15) is 0 Å². The number of hydrogen-bond donors (Lipinski definition) is 4. The van der Waals surface area contributed by atoms with Gasteiger partial charge in [-0.1, -0.05) is 6.92 Å². The molecule has 0 fully saturated rings.